The predicted octanol–water partition coefficient (Wildman–Crippen LogP) is 4.62. The summed E-state index contributed by atoms with van der Waals surface area (Å²) in [6.07, 6.45) is -1.24. The molecule has 11 heteroatoms. The monoisotopic (exact) mass is 565 g/mol. The fraction of sp³-hybridized carbons (Fsp3) is 0.320. The number of carbonyl (C=O) groups excluding carboxylic acids is 1. The van der Waals surface area contributed by atoms with E-state index in [2.05, 4.69) is 25.9 Å². The molecule has 0 aliphatic heterocycles. The lowest BCUT2D eigenvalue weighted by Crippen LogP contribution is -2.30. The zero-order valence-electron chi connectivity index (χ0n) is 18.9. The number of carbonyl (C=O) groups is 1. The highest BCUT2D eigenvalue weighted by atomic mass is 79.9. The molecule has 190 valence electrons. The third-order valence-electron chi connectivity index (χ3n) is 6.11. The van der Waals surface area contributed by atoms with Gasteiger partial charge in [-0.05, 0) is 55.2 Å². The zero-order valence-corrected chi connectivity index (χ0v) is 20.5. The number of nitrogen functional groups attached to an aromatic ring is 1. The van der Waals surface area contributed by atoms with E-state index in [0.717, 1.165) is 12.1 Å². The standard InChI is InChI=1S/C25H23BrF3N3O4/c26-15-5-14(6-16(27)9-15)22(11-33)36-25(35)17-3-1-13(8-18(17)28)23-24(30)31-10-20(32-23)12-2-4-21(34)19(29)7-12/h1,3,5-6,8-10,12,19,21-22,33-34H,2,4,7,11H2,(H2,30,31)/t12-,19-,21+,22+/m0/s1. The summed E-state index contributed by atoms with van der Waals surface area (Å²) in [5.74, 6) is -2.82. The number of hydrogen-bond donors (Lipinski definition) is 3. The summed E-state index contributed by atoms with van der Waals surface area (Å²) in [4.78, 5) is 21.2. The molecule has 0 saturated heterocycles. The Hall–Kier alpha value is -3.02. The molecule has 4 atom stereocenters. The topological polar surface area (TPSA) is 119 Å². The number of halogens is 4. The molecule has 1 heterocycles. The smallest absolute Gasteiger partial charge is 0.341 e. The number of aliphatic hydroxyl groups excluding tert-OH is 2. The number of nitrogens with zero attached hydrogens (tertiary/aromatic N) is 2. The van der Waals surface area contributed by atoms with E-state index >= 15 is 0 Å². The molecule has 2 aromatic carbocycles. The highest BCUT2D eigenvalue weighted by Crippen LogP contribution is 2.35. The largest absolute Gasteiger partial charge is 0.451 e. The lowest BCUT2D eigenvalue weighted by atomic mass is 9.84. The number of alkyl halides is 1. The highest BCUT2D eigenvalue weighted by molar-refractivity contribution is 9.10. The average molecular weight is 566 g/mol. The number of rotatable bonds is 6. The first-order valence-electron chi connectivity index (χ1n) is 11.2. The van der Waals surface area contributed by atoms with Crippen LogP contribution in [-0.2, 0) is 4.74 Å². The Morgan fingerprint density at radius 3 is 2.67 bits per heavy atom. The van der Waals surface area contributed by atoms with Crippen LogP contribution < -0.4 is 5.73 Å². The Bertz CT molecular complexity index is 1260. The van der Waals surface area contributed by atoms with Gasteiger partial charge in [0.1, 0.15) is 29.3 Å². The van der Waals surface area contributed by atoms with Gasteiger partial charge in [-0.15, -0.1) is 0 Å². The number of ether oxygens (including phenoxy) is 1. The van der Waals surface area contributed by atoms with E-state index in [-0.39, 0.29) is 35.0 Å². The first kappa shape index (κ1) is 26.1. The molecular formula is C25H23BrF3N3O4. The van der Waals surface area contributed by atoms with Crippen LogP contribution >= 0.6 is 15.9 Å². The lowest BCUT2D eigenvalue weighted by molar-refractivity contribution is 0.0127. The first-order chi connectivity index (χ1) is 17.2. The number of benzene rings is 2. The molecule has 1 aromatic heterocycles. The number of hydrogen-bond acceptors (Lipinski definition) is 7. The fourth-order valence-corrected chi connectivity index (χ4v) is 4.66. The second-order valence-corrected chi connectivity index (χ2v) is 9.51. The zero-order chi connectivity index (χ0) is 26.0. The molecule has 36 heavy (non-hydrogen) atoms. The van der Waals surface area contributed by atoms with E-state index in [4.69, 9.17) is 10.5 Å². The summed E-state index contributed by atoms with van der Waals surface area (Å²) in [6, 6.07) is 7.43. The molecule has 3 aromatic rings. The third-order valence-corrected chi connectivity index (χ3v) is 6.57. The maximum atomic E-state index is 15.0. The Morgan fingerprint density at radius 2 is 2.00 bits per heavy atom. The van der Waals surface area contributed by atoms with Crippen molar-refractivity contribution in [2.75, 3.05) is 12.3 Å². The third kappa shape index (κ3) is 5.69. The van der Waals surface area contributed by atoms with Crippen molar-refractivity contribution in [3.8, 4) is 11.3 Å². The quantitative estimate of drug-likeness (QED) is 0.373. The van der Waals surface area contributed by atoms with Crippen LogP contribution in [-0.4, -0.2) is 45.0 Å². The van der Waals surface area contributed by atoms with Crippen molar-refractivity contribution < 1.29 is 32.9 Å². The van der Waals surface area contributed by atoms with E-state index in [0.29, 0.717) is 23.0 Å². The predicted molar refractivity (Wildman–Crippen MR) is 129 cm³/mol. The summed E-state index contributed by atoms with van der Waals surface area (Å²) in [7, 11) is 0. The average Bonchev–Trinajstić information content (AvgIpc) is 2.83. The summed E-state index contributed by atoms with van der Waals surface area (Å²) < 4.78 is 48.3. The van der Waals surface area contributed by atoms with Crippen LogP contribution in [0.1, 0.15) is 52.9 Å². The van der Waals surface area contributed by atoms with Gasteiger partial charge in [0.05, 0.1) is 30.2 Å². The highest BCUT2D eigenvalue weighted by Gasteiger charge is 2.31. The molecule has 1 aliphatic carbocycles. The number of anilines is 1. The van der Waals surface area contributed by atoms with Gasteiger partial charge in [-0.2, -0.15) is 0 Å². The Morgan fingerprint density at radius 1 is 1.22 bits per heavy atom. The van der Waals surface area contributed by atoms with Crippen LogP contribution in [0.5, 0.6) is 0 Å². The maximum absolute atomic E-state index is 15.0. The first-order valence-corrected chi connectivity index (χ1v) is 12.0. The second kappa shape index (κ2) is 10.9. The van der Waals surface area contributed by atoms with Crippen LogP contribution in [0.25, 0.3) is 11.3 Å². The normalized spacial score (nSPS) is 20.7. The Kier molecular flexibility index (Phi) is 7.91. The van der Waals surface area contributed by atoms with Gasteiger partial charge in [0.25, 0.3) is 0 Å². The molecule has 0 spiro atoms. The minimum absolute atomic E-state index is 0.0261. The minimum Gasteiger partial charge on any atom is -0.451 e. The second-order valence-electron chi connectivity index (χ2n) is 8.60. The van der Waals surface area contributed by atoms with Crippen molar-refractivity contribution in [2.24, 2.45) is 0 Å². The molecule has 0 unspecified atom stereocenters. The van der Waals surface area contributed by atoms with Gasteiger partial charge in [0.15, 0.2) is 6.10 Å². The van der Waals surface area contributed by atoms with Crippen molar-refractivity contribution in [1.82, 2.24) is 9.97 Å². The van der Waals surface area contributed by atoms with E-state index in [1.165, 1.54) is 30.5 Å². The molecule has 0 bridgehead atoms. The van der Waals surface area contributed by atoms with Crippen molar-refractivity contribution in [2.45, 2.75) is 43.6 Å². The summed E-state index contributed by atoms with van der Waals surface area (Å²) in [6.45, 7) is -0.641. The van der Waals surface area contributed by atoms with Gasteiger partial charge in [-0.3, -0.25) is 0 Å². The molecule has 0 amide bonds. The summed E-state index contributed by atoms with van der Waals surface area (Å²) in [5, 5.41) is 19.3. The van der Waals surface area contributed by atoms with Gasteiger partial charge >= 0.3 is 5.97 Å². The summed E-state index contributed by atoms with van der Waals surface area (Å²) in [5.41, 5.74) is 6.64. The lowest BCUT2D eigenvalue weighted by Gasteiger charge is -2.28. The van der Waals surface area contributed by atoms with Crippen molar-refractivity contribution >= 4 is 27.7 Å². The molecule has 1 fully saturated rings. The Labute approximate surface area is 213 Å². The van der Waals surface area contributed by atoms with Crippen molar-refractivity contribution in [3.63, 3.8) is 0 Å². The van der Waals surface area contributed by atoms with E-state index in [1.807, 2.05) is 0 Å². The van der Waals surface area contributed by atoms with Crippen LogP contribution in [0.2, 0.25) is 0 Å². The van der Waals surface area contributed by atoms with E-state index in [1.54, 1.807) is 0 Å². The van der Waals surface area contributed by atoms with Gasteiger partial charge in [-0.1, -0.05) is 22.0 Å². The SMILES string of the molecule is Nc1ncc([C@H]2CC[C@@H](O)[C@@H](F)C2)nc1-c1ccc(C(=O)O[C@H](CO)c2cc(F)cc(Br)c2)c(F)c1. The van der Waals surface area contributed by atoms with Crippen LogP contribution in [0, 0.1) is 11.6 Å². The van der Waals surface area contributed by atoms with Crippen LogP contribution in [0.3, 0.4) is 0 Å². The summed E-state index contributed by atoms with van der Waals surface area (Å²) >= 11 is 3.13. The van der Waals surface area contributed by atoms with E-state index in [9.17, 15) is 28.2 Å². The number of aromatic nitrogens is 2. The van der Waals surface area contributed by atoms with Crippen molar-refractivity contribution in [3.05, 3.63) is 75.5 Å². The van der Waals surface area contributed by atoms with Gasteiger partial charge in [0.2, 0.25) is 0 Å². The number of esters is 1. The molecule has 1 aliphatic rings. The minimum atomic E-state index is -1.37. The molecule has 1 saturated carbocycles. The Balaban J connectivity index is 1.56. The van der Waals surface area contributed by atoms with Crippen LogP contribution in [0.15, 0.2) is 47.1 Å². The maximum Gasteiger partial charge on any atom is 0.341 e. The van der Waals surface area contributed by atoms with Crippen molar-refractivity contribution in [1.29, 1.82) is 0 Å². The molecule has 7 nitrogen and oxygen atoms in total. The number of aliphatic hydroxyl groups is 2. The van der Waals surface area contributed by atoms with Gasteiger partial charge < -0.3 is 20.7 Å². The fourth-order valence-electron chi connectivity index (χ4n) is 4.18. The molecular weight excluding hydrogens is 543 g/mol. The number of nitrogens with two attached hydrogens (primary N) is 1. The molecule has 4 N–H and O–H groups in total. The van der Waals surface area contributed by atoms with Gasteiger partial charge in [-0.25, -0.2) is 27.9 Å². The van der Waals surface area contributed by atoms with E-state index < -0.39 is 48.2 Å². The van der Waals surface area contributed by atoms with Crippen LogP contribution in [0.4, 0.5) is 19.0 Å². The van der Waals surface area contributed by atoms with Gasteiger partial charge in [0, 0.05) is 16.0 Å². The molecule has 0 radical (unpaired) electrons. The molecule has 4 rings (SSSR count).